The molecule has 2 aromatic carbocycles. The topological polar surface area (TPSA) is 0 Å². The number of aryl methyl sites for hydroxylation is 2. The van der Waals surface area contributed by atoms with Crippen LogP contribution in [-0.4, -0.2) is 0 Å². The van der Waals surface area contributed by atoms with Crippen LogP contribution in [0.15, 0.2) is 36.4 Å². The van der Waals surface area contributed by atoms with E-state index in [2.05, 4.69) is 91.8 Å². The molecule has 0 fully saturated rings. The first kappa shape index (κ1) is 16.8. The van der Waals surface area contributed by atoms with Crippen molar-refractivity contribution < 1.29 is 0 Å². The van der Waals surface area contributed by atoms with E-state index in [-0.39, 0.29) is 10.8 Å². The number of benzene rings is 2. The van der Waals surface area contributed by atoms with Gasteiger partial charge < -0.3 is 0 Å². The minimum Gasteiger partial charge on any atom is -0.0614 e. The Balaban J connectivity index is 2.74. The fourth-order valence-electron chi connectivity index (χ4n) is 3.37. The Hall–Kier alpha value is -1.56. The van der Waals surface area contributed by atoms with Crippen molar-refractivity contribution in [2.75, 3.05) is 0 Å². The van der Waals surface area contributed by atoms with Gasteiger partial charge >= 0.3 is 0 Å². The maximum atomic E-state index is 2.41. The van der Waals surface area contributed by atoms with Gasteiger partial charge in [-0.15, -0.1) is 0 Å². The van der Waals surface area contributed by atoms with Crippen LogP contribution in [0.5, 0.6) is 0 Å². The lowest BCUT2D eigenvalue weighted by molar-refractivity contribution is 0.527. The van der Waals surface area contributed by atoms with Crippen LogP contribution >= 0.6 is 0 Å². The molecule has 0 aromatic heterocycles. The first-order valence-corrected chi connectivity index (χ1v) is 8.23. The summed E-state index contributed by atoms with van der Waals surface area (Å²) in [6.45, 7) is 18.3. The Labute approximate surface area is 136 Å². The fourth-order valence-corrected chi connectivity index (χ4v) is 3.37. The zero-order valence-corrected chi connectivity index (χ0v) is 15.5. The normalized spacial score (nSPS) is 12.5. The first-order valence-electron chi connectivity index (χ1n) is 8.23. The van der Waals surface area contributed by atoms with Gasteiger partial charge in [-0.05, 0) is 52.5 Å². The van der Waals surface area contributed by atoms with Crippen LogP contribution in [-0.2, 0) is 10.8 Å². The predicted octanol–water partition coefficient (Wildman–Crippen LogP) is 6.57. The van der Waals surface area contributed by atoms with E-state index >= 15 is 0 Å². The van der Waals surface area contributed by atoms with E-state index in [1.165, 1.54) is 33.4 Å². The molecule has 22 heavy (non-hydrogen) atoms. The molecular weight excluding hydrogens is 264 g/mol. The molecule has 0 saturated carbocycles. The van der Waals surface area contributed by atoms with Gasteiger partial charge in [-0.2, -0.15) is 0 Å². The van der Waals surface area contributed by atoms with Crippen molar-refractivity contribution in [3.63, 3.8) is 0 Å². The Morgan fingerprint density at radius 2 is 1.32 bits per heavy atom. The van der Waals surface area contributed by atoms with Crippen molar-refractivity contribution in [1.82, 2.24) is 0 Å². The molecule has 0 N–H and O–H groups in total. The third kappa shape index (κ3) is 3.43. The minimum absolute atomic E-state index is 0.146. The molecule has 0 aliphatic rings. The molecule has 0 aliphatic carbocycles. The van der Waals surface area contributed by atoms with E-state index in [9.17, 15) is 0 Å². The molecule has 118 valence electrons. The lowest BCUT2D eigenvalue weighted by Crippen LogP contribution is -2.23. The fraction of sp³-hybridized carbons (Fsp3) is 0.455. The molecule has 0 saturated heterocycles. The highest BCUT2D eigenvalue weighted by atomic mass is 14.3. The van der Waals surface area contributed by atoms with Crippen LogP contribution in [0.3, 0.4) is 0 Å². The highest BCUT2D eigenvalue weighted by Crippen LogP contribution is 2.39. The minimum atomic E-state index is 0.146. The maximum absolute atomic E-state index is 2.41. The predicted molar refractivity (Wildman–Crippen MR) is 98.8 cm³/mol. The molecule has 0 nitrogen and oxygen atoms in total. The van der Waals surface area contributed by atoms with E-state index in [0.717, 1.165) is 0 Å². The lowest BCUT2D eigenvalue weighted by Gasteiger charge is -2.32. The van der Waals surface area contributed by atoms with Gasteiger partial charge in [0.15, 0.2) is 0 Å². The van der Waals surface area contributed by atoms with Crippen LogP contribution in [0.1, 0.15) is 63.8 Å². The van der Waals surface area contributed by atoms with Crippen molar-refractivity contribution in [1.29, 1.82) is 0 Å². The van der Waals surface area contributed by atoms with Gasteiger partial charge in [-0.3, -0.25) is 0 Å². The average Bonchev–Trinajstić information content (AvgIpc) is 2.35. The summed E-state index contributed by atoms with van der Waals surface area (Å²) in [5.74, 6) is 0. The molecule has 0 spiro atoms. The highest BCUT2D eigenvalue weighted by molar-refractivity contribution is 5.68. The largest absolute Gasteiger partial charge is 0.0614 e. The summed E-state index contributed by atoms with van der Waals surface area (Å²) in [6, 6.07) is 13.6. The summed E-state index contributed by atoms with van der Waals surface area (Å²) in [6.07, 6.45) is 0. The van der Waals surface area contributed by atoms with Gasteiger partial charge in [-0.1, -0.05) is 83.5 Å². The molecule has 0 heterocycles. The van der Waals surface area contributed by atoms with Crippen molar-refractivity contribution in [2.24, 2.45) is 0 Å². The second-order valence-corrected chi connectivity index (χ2v) is 8.59. The Kier molecular flexibility index (Phi) is 4.26. The van der Waals surface area contributed by atoms with Gasteiger partial charge in [-0.25, -0.2) is 0 Å². The van der Waals surface area contributed by atoms with Crippen LogP contribution in [0.4, 0.5) is 0 Å². The third-order valence-corrected chi connectivity index (χ3v) is 4.24. The van der Waals surface area contributed by atoms with Crippen molar-refractivity contribution in [3.8, 4) is 11.1 Å². The van der Waals surface area contributed by atoms with Crippen molar-refractivity contribution >= 4 is 0 Å². The Morgan fingerprint density at radius 1 is 0.682 bits per heavy atom. The van der Waals surface area contributed by atoms with Gasteiger partial charge in [0.1, 0.15) is 0 Å². The van der Waals surface area contributed by atoms with E-state index in [4.69, 9.17) is 0 Å². The van der Waals surface area contributed by atoms with Crippen molar-refractivity contribution in [2.45, 2.75) is 66.2 Å². The van der Waals surface area contributed by atoms with Crippen LogP contribution in [0.25, 0.3) is 11.1 Å². The highest BCUT2D eigenvalue weighted by Gasteiger charge is 2.27. The summed E-state index contributed by atoms with van der Waals surface area (Å²) in [5.41, 5.74) is 8.63. The van der Waals surface area contributed by atoms with Crippen LogP contribution in [0, 0.1) is 13.8 Å². The number of rotatable bonds is 1. The average molecular weight is 294 g/mol. The Bertz CT molecular complexity index is 676. The molecule has 2 rings (SSSR count). The monoisotopic (exact) mass is 294 g/mol. The maximum Gasteiger partial charge on any atom is -0.0126 e. The van der Waals surface area contributed by atoms with E-state index in [1.807, 2.05) is 0 Å². The van der Waals surface area contributed by atoms with Gasteiger partial charge in [0.25, 0.3) is 0 Å². The molecule has 0 unspecified atom stereocenters. The third-order valence-electron chi connectivity index (χ3n) is 4.24. The molecule has 0 radical (unpaired) electrons. The molecule has 0 heteroatoms. The lowest BCUT2D eigenvalue weighted by atomic mass is 9.72. The summed E-state index contributed by atoms with van der Waals surface area (Å²) >= 11 is 0. The van der Waals surface area contributed by atoms with E-state index < -0.39 is 0 Å². The van der Waals surface area contributed by atoms with Crippen molar-refractivity contribution in [3.05, 3.63) is 58.7 Å². The second kappa shape index (κ2) is 5.57. The van der Waals surface area contributed by atoms with Gasteiger partial charge in [0.05, 0.1) is 0 Å². The number of hydrogen-bond acceptors (Lipinski definition) is 0. The molecule has 0 bridgehead atoms. The molecule has 0 amide bonds. The quantitative estimate of drug-likeness (QED) is 0.558. The molecule has 0 aliphatic heterocycles. The SMILES string of the molecule is Cc1cccc(-c2cc(C)c(C(C)(C)C)c(C(C)(C)C)c2)c1. The van der Waals surface area contributed by atoms with Crippen LogP contribution in [0.2, 0.25) is 0 Å². The summed E-state index contributed by atoms with van der Waals surface area (Å²) in [4.78, 5) is 0. The summed E-state index contributed by atoms with van der Waals surface area (Å²) in [7, 11) is 0. The van der Waals surface area contributed by atoms with E-state index in [1.54, 1.807) is 0 Å². The molecule has 2 aromatic rings. The Morgan fingerprint density at radius 3 is 1.82 bits per heavy atom. The van der Waals surface area contributed by atoms with Gasteiger partial charge in [0, 0.05) is 0 Å². The first-order chi connectivity index (χ1) is 10.00. The summed E-state index contributed by atoms with van der Waals surface area (Å²) in [5, 5.41) is 0. The number of hydrogen-bond donors (Lipinski definition) is 0. The standard InChI is InChI=1S/C22H30/c1-15-10-9-11-17(12-15)18-13-16(2)20(22(6,7)8)19(14-18)21(3,4)5/h9-14H,1-8H3. The zero-order valence-electron chi connectivity index (χ0n) is 15.5. The summed E-state index contributed by atoms with van der Waals surface area (Å²) < 4.78 is 0. The van der Waals surface area contributed by atoms with Gasteiger partial charge in [0.2, 0.25) is 0 Å². The molecule has 0 atom stereocenters. The van der Waals surface area contributed by atoms with E-state index in [0.29, 0.717) is 0 Å². The second-order valence-electron chi connectivity index (χ2n) is 8.59. The molecular formula is C22H30. The van der Waals surface area contributed by atoms with Crippen LogP contribution < -0.4 is 0 Å². The zero-order chi connectivity index (χ0) is 16.7. The smallest absolute Gasteiger partial charge is 0.0126 e.